The smallest absolute Gasteiger partial charge is 0.378 e. The lowest BCUT2D eigenvalue weighted by molar-refractivity contribution is -0.156. The first kappa shape index (κ1) is 16.9. The lowest BCUT2D eigenvalue weighted by Crippen LogP contribution is -2.40. The molecule has 1 atom stereocenters. The average Bonchev–Trinajstić information content (AvgIpc) is 2.77. The molecule has 130 valence electrons. The number of ketones is 1. The van der Waals surface area contributed by atoms with E-state index in [4.69, 9.17) is 9.84 Å². The quantitative estimate of drug-likeness (QED) is 0.663. The highest BCUT2D eigenvalue weighted by molar-refractivity contribution is 6.67. The van der Waals surface area contributed by atoms with Gasteiger partial charge in [-0.15, -0.1) is 0 Å². The van der Waals surface area contributed by atoms with Crippen molar-refractivity contribution in [2.24, 2.45) is 4.99 Å². The first-order valence-electron chi connectivity index (χ1n) is 7.84. The van der Waals surface area contributed by atoms with E-state index >= 15 is 0 Å². The third-order valence-corrected chi connectivity index (χ3v) is 3.90. The van der Waals surface area contributed by atoms with Gasteiger partial charge in [-0.05, 0) is 26.3 Å². The second-order valence-corrected chi connectivity index (χ2v) is 6.88. The Kier molecular flexibility index (Phi) is 3.94. The van der Waals surface area contributed by atoms with Crippen LogP contribution in [0.15, 0.2) is 35.6 Å². The van der Waals surface area contributed by atoms with Crippen molar-refractivity contribution in [3.63, 3.8) is 0 Å². The maximum atomic E-state index is 12.6. The minimum atomic E-state index is -1.57. The van der Waals surface area contributed by atoms with Crippen LogP contribution in [0.3, 0.4) is 0 Å². The lowest BCUT2D eigenvalue weighted by atomic mass is 10.0. The highest BCUT2D eigenvalue weighted by Gasteiger charge is 2.40. The molecule has 2 heterocycles. The number of carbonyl (C=O) groups excluding carboxylic acids is 2. The number of hydrogen-bond donors (Lipinski definition) is 1. The number of rotatable bonds is 3. The van der Waals surface area contributed by atoms with Crippen molar-refractivity contribution in [1.82, 2.24) is 0 Å². The molecule has 0 radical (unpaired) electrons. The summed E-state index contributed by atoms with van der Waals surface area (Å²) in [6, 6.07) is 4.62. The molecule has 0 bridgehead atoms. The number of Topliss-reactive ketones (excluding diaryl/α,β-unsaturated/α-hetero) is 1. The van der Waals surface area contributed by atoms with Crippen molar-refractivity contribution < 1.29 is 24.2 Å². The fraction of sp³-hybridized carbons (Fsp3) is 0.333. The van der Waals surface area contributed by atoms with Gasteiger partial charge in [0.15, 0.2) is 0 Å². The zero-order valence-electron chi connectivity index (χ0n) is 14.1. The van der Waals surface area contributed by atoms with E-state index in [-0.39, 0.29) is 11.7 Å². The SMILES string of the molecule is CC(C)(C)OC(=O)C1Cc2cccc3c2N1C=CN=C3C(=O)C(=O)O. The summed E-state index contributed by atoms with van der Waals surface area (Å²) in [5.41, 5.74) is 1.10. The molecule has 1 aromatic rings. The van der Waals surface area contributed by atoms with E-state index in [9.17, 15) is 14.4 Å². The number of nitrogens with zero attached hydrogens (tertiary/aromatic N) is 2. The highest BCUT2D eigenvalue weighted by atomic mass is 16.6. The van der Waals surface area contributed by atoms with Crippen molar-refractivity contribution in [3.05, 3.63) is 41.7 Å². The van der Waals surface area contributed by atoms with Crippen LogP contribution in [-0.4, -0.2) is 40.2 Å². The number of esters is 1. The Morgan fingerprint density at radius 3 is 2.64 bits per heavy atom. The number of ether oxygens (including phenoxy) is 1. The molecule has 1 aromatic carbocycles. The van der Waals surface area contributed by atoms with Gasteiger partial charge in [-0.2, -0.15) is 0 Å². The fourth-order valence-electron chi connectivity index (χ4n) is 2.99. The van der Waals surface area contributed by atoms with Gasteiger partial charge < -0.3 is 14.7 Å². The predicted octanol–water partition coefficient (Wildman–Crippen LogP) is 1.69. The number of aliphatic carboxylic acids is 1. The second kappa shape index (κ2) is 5.84. The van der Waals surface area contributed by atoms with Gasteiger partial charge in [0.2, 0.25) is 0 Å². The second-order valence-electron chi connectivity index (χ2n) is 6.88. The Bertz CT molecular complexity index is 832. The monoisotopic (exact) mass is 342 g/mol. The summed E-state index contributed by atoms with van der Waals surface area (Å²) in [4.78, 5) is 41.3. The number of para-hydroxylation sites is 1. The molecule has 0 saturated heterocycles. The summed E-state index contributed by atoms with van der Waals surface area (Å²) >= 11 is 0. The van der Waals surface area contributed by atoms with E-state index in [1.807, 2.05) is 6.07 Å². The number of aliphatic imine (C=N–C) groups is 1. The summed E-state index contributed by atoms with van der Waals surface area (Å²) < 4.78 is 5.49. The van der Waals surface area contributed by atoms with Crippen LogP contribution >= 0.6 is 0 Å². The average molecular weight is 342 g/mol. The van der Waals surface area contributed by atoms with E-state index in [0.29, 0.717) is 17.7 Å². The van der Waals surface area contributed by atoms with E-state index < -0.39 is 23.4 Å². The van der Waals surface area contributed by atoms with E-state index in [0.717, 1.165) is 5.56 Å². The molecule has 2 aliphatic heterocycles. The number of carboxylic acids is 1. The summed E-state index contributed by atoms with van der Waals surface area (Å²) in [6.45, 7) is 5.39. The Hall–Kier alpha value is -2.96. The molecular weight excluding hydrogens is 324 g/mol. The molecule has 2 aliphatic rings. The molecule has 1 N–H and O–H groups in total. The fourth-order valence-corrected chi connectivity index (χ4v) is 2.99. The highest BCUT2D eigenvalue weighted by Crippen LogP contribution is 2.38. The minimum Gasteiger partial charge on any atom is -0.475 e. The van der Waals surface area contributed by atoms with Crippen molar-refractivity contribution in [3.8, 4) is 0 Å². The van der Waals surface area contributed by atoms with Gasteiger partial charge in [0, 0.05) is 24.4 Å². The summed E-state index contributed by atoms with van der Waals surface area (Å²) in [6.07, 6.45) is 3.33. The van der Waals surface area contributed by atoms with Crippen LogP contribution in [0.1, 0.15) is 31.9 Å². The van der Waals surface area contributed by atoms with Crippen LogP contribution in [0.4, 0.5) is 5.69 Å². The van der Waals surface area contributed by atoms with Crippen molar-refractivity contribution in [2.75, 3.05) is 4.90 Å². The normalized spacial score (nSPS) is 18.3. The zero-order chi connectivity index (χ0) is 18.4. The van der Waals surface area contributed by atoms with Gasteiger partial charge in [-0.3, -0.25) is 9.79 Å². The van der Waals surface area contributed by atoms with Crippen LogP contribution in [0, 0.1) is 0 Å². The van der Waals surface area contributed by atoms with Crippen LogP contribution in [0.2, 0.25) is 0 Å². The molecule has 1 unspecified atom stereocenters. The molecule has 7 heteroatoms. The molecular formula is C18H18N2O5. The van der Waals surface area contributed by atoms with Crippen LogP contribution in [0.5, 0.6) is 0 Å². The first-order chi connectivity index (χ1) is 11.7. The molecule has 0 amide bonds. The minimum absolute atomic E-state index is 0.145. The Morgan fingerprint density at radius 1 is 1.28 bits per heavy atom. The van der Waals surface area contributed by atoms with Crippen molar-refractivity contribution in [1.29, 1.82) is 0 Å². The van der Waals surface area contributed by atoms with Crippen LogP contribution < -0.4 is 4.90 Å². The Morgan fingerprint density at radius 2 is 2.00 bits per heavy atom. The van der Waals surface area contributed by atoms with E-state index in [1.54, 1.807) is 44.0 Å². The summed E-state index contributed by atoms with van der Waals surface area (Å²) in [7, 11) is 0. The number of anilines is 1. The molecule has 7 nitrogen and oxygen atoms in total. The lowest BCUT2D eigenvalue weighted by Gasteiger charge is -2.27. The van der Waals surface area contributed by atoms with Gasteiger partial charge in [-0.1, -0.05) is 18.2 Å². The number of carboxylic acid groups (broad SMARTS) is 1. The maximum Gasteiger partial charge on any atom is 0.378 e. The number of hydrogen-bond acceptors (Lipinski definition) is 6. The standard InChI is InChI=1S/C18H18N2O5/c1-18(2,3)25-17(24)12-9-10-5-4-6-11-13(15(21)16(22)23)19-7-8-20(12)14(10)11/h4-8,12H,9H2,1-3H3,(H,22,23). The molecule has 0 fully saturated rings. The van der Waals surface area contributed by atoms with Gasteiger partial charge >= 0.3 is 11.9 Å². The topological polar surface area (TPSA) is 96.3 Å². The van der Waals surface area contributed by atoms with E-state index in [2.05, 4.69) is 4.99 Å². The van der Waals surface area contributed by atoms with Crippen LogP contribution in [-0.2, 0) is 25.5 Å². The van der Waals surface area contributed by atoms with Gasteiger partial charge in [-0.25, -0.2) is 9.59 Å². The molecule has 0 spiro atoms. The molecule has 25 heavy (non-hydrogen) atoms. The first-order valence-corrected chi connectivity index (χ1v) is 7.84. The number of benzene rings is 1. The largest absolute Gasteiger partial charge is 0.475 e. The van der Waals surface area contributed by atoms with Gasteiger partial charge in [0.25, 0.3) is 5.78 Å². The Labute approximate surface area is 144 Å². The zero-order valence-corrected chi connectivity index (χ0v) is 14.1. The summed E-state index contributed by atoms with van der Waals surface area (Å²) in [5.74, 6) is -3.03. The molecule has 0 aliphatic carbocycles. The maximum absolute atomic E-state index is 12.6. The number of carbonyl (C=O) groups is 3. The van der Waals surface area contributed by atoms with Gasteiger partial charge in [0.05, 0.1) is 5.69 Å². The summed E-state index contributed by atoms with van der Waals surface area (Å²) in [5, 5.41) is 9.03. The van der Waals surface area contributed by atoms with Crippen molar-refractivity contribution in [2.45, 2.75) is 38.8 Å². The molecule has 0 aromatic heterocycles. The third-order valence-electron chi connectivity index (χ3n) is 3.90. The third kappa shape index (κ3) is 3.05. The molecule has 3 rings (SSSR count). The van der Waals surface area contributed by atoms with Crippen molar-refractivity contribution >= 4 is 29.1 Å². The van der Waals surface area contributed by atoms with Crippen LogP contribution in [0.25, 0.3) is 0 Å². The molecule has 0 saturated carbocycles. The Balaban J connectivity index is 2.03. The predicted molar refractivity (Wildman–Crippen MR) is 90.6 cm³/mol. The van der Waals surface area contributed by atoms with Gasteiger partial charge in [0.1, 0.15) is 17.4 Å². The van der Waals surface area contributed by atoms with E-state index in [1.165, 1.54) is 6.20 Å².